The Kier molecular flexibility index (Phi) is 3.16. The Bertz CT molecular complexity index is 1080. The summed E-state index contributed by atoms with van der Waals surface area (Å²) >= 11 is 3.51. The summed E-state index contributed by atoms with van der Waals surface area (Å²) in [6, 6.07) is 13.0. The summed E-state index contributed by atoms with van der Waals surface area (Å²) < 4.78 is 7.29. The van der Waals surface area contributed by atoms with Gasteiger partial charge in [0.25, 0.3) is 0 Å². The normalized spacial score (nSPS) is 11.2. The molecule has 2 aromatic heterocycles. The van der Waals surface area contributed by atoms with E-state index in [2.05, 4.69) is 31.0 Å². The lowest BCUT2D eigenvalue weighted by molar-refractivity contribution is 0.415. The van der Waals surface area contributed by atoms with Crippen molar-refractivity contribution >= 4 is 32.5 Å². The first-order valence-electron chi connectivity index (χ1n) is 6.89. The van der Waals surface area contributed by atoms with Crippen molar-refractivity contribution in [3.8, 4) is 17.1 Å². The molecule has 0 radical (unpaired) electrons. The summed E-state index contributed by atoms with van der Waals surface area (Å²) in [5, 5.41) is 5.15. The zero-order chi connectivity index (χ0) is 16.0. The standard InChI is InChI=1S/C16H11BrN4O2/c1-23-10-7-5-9(6-8-10)14-19-15-13-11(17)3-2-4-12(13)18-16(22)21(15)20-14/h2-8H,1H3,(H,18,22). The third-order valence-corrected chi connectivity index (χ3v) is 4.29. The predicted octanol–water partition coefficient (Wildman–Crippen LogP) is 3.01. The number of nitrogens with one attached hydrogen (secondary N) is 1. The van der Waals surface area contributed by atoms with Crippen LogP contribution in [0, 0.1) is 0 Å². The van der Waals surface area contributed by atoms with Crippen LogP contribution in [0.4, 0.5) is 0 Å². The summed E-state index contributed by atoms with van der Waals surface area (Å²) in [7, 11) is 1.61. The van der Waals surface area contributed by atoms with Crippen molar-refractivity contribution in [2.45, 2.75) is 0 Å². The lowest BCUT2D eigenvalue weighted by atomic mass is 10.2. The molecule has 0 aliphatic carbocycles. The van der Waals surface area contributed by atoms with E-state index in [9.17, 15) is 4.79 Å². The number of fused-ring (bicyclic) bond motifs is 3. The third kappa shape index (κ3) is 2.20. The van der Waals surface area contributed by atoms with Crippen molar-refractivity contribution in [3.63, 3.8) is 0 Å². The van der Waals surface area contributed by atoms with E-state index in [1.807, 2.05) is 42.5 Å². The number of hydrogen-bond donors (Lipinski definition) is 1. The largest absolute Gasteiger partial charge is 0.497 e. The Balaban J connectivity index is 2.01. The van der Waals surface area contributed by atoms with Gasteiger partial charge < -0.3 is 9.72 Å². The topological polar surface area (TPSA) is 72.3 Å². The summed E-state index contributed by atoms with van der Waals surface area (Å²) in [6.45, 7) is 0. The van der Waals surface area contributed by atoms with Crippen molar-refractivity contribution in [1.29, 1.82) is 0 Å². The first-order chi connectivity index (χ1) is 11.2. The molecule has 0 aliphatic heterocycles. The van der Waals surface area contributed by atoms with Gasteiger partial charge in [-0.25, -0.2) is 9.78 Å². The number of methoxy groups -OCH3 is 1. The van der Waals surface area contributed by atoms with Gasteiger partial charge in [0.1, 0.15) is 5.75 Å². The van der Waals surface area contributed by atoms with Crippen LogP contribution >= 0.6 is 15.9 Å². The second-order valence-electron chi connectivity index (χ2n) is 4.99. The van der Waals surface area contributed by atoms with Crippen LogP contribution in [0.3, 0.4) is 0 Å². The fourth-order valence-electron chi connectivity index (χ4n) is 2.50. The molecule has 0 aliphatic rings. The minimum atomic E-state index is -0.321. The fourth-order valence-corrected chi connectivity index (χ4v) is 3.05. The van der Waals surface area contributed by atoms with Crippen LogP contribution < -0.4 is 10.4 Å². The third-order valence-electron chi connectivity index (χ3n) is 3.63. The van der Waals surface area contributed by atoms with Gasteiger partial charge in [-0.1, -0.05) is 6.07 Å². The van der Waals surface area contributed by atoms with Gasteiger partial charge in [0.2, 0.25) is 0 Å². The van der Waals surface area contributed by atoms with Gasteiger partial charge in [-0.2, -0.15) is 4.52 Å². The van der Waals surface area contributed by atoms with Crippen LogP contribution in [-0.4, -0.2) is 26.7 Å². The molecule has 2 heterocycles. The number of aromatic nitrogens is 4. The molecule has 4 aromatic rings. The van der Waals surface area contributed by atoms with Crippen molar-refractivity contribution in [2.24, 2.45) is 0 Å². The van der Waals surface area contributed by atoms with E-state index in [1.54, 1.807) is 7.11 Å². The minimum Gasteiger partial charge on any atom is -0.497 e. The first kappa shape index (κ1) is 14.0. The highest BCUT2D eigenvalue weighted by atomic mass is 79.9. The minimum absolute atomic E-state index is 0.321. The molecule has 0 atom stereocenters. The van der Waals surface area contributed by atoms with Crippen LogP contribution in [0.2, 0.25) is 0 Å². The second-order valence-corrected chi connectivity index (χ2v) is 5.85. The highest BCUT2D eigenvalue weighted by Gasteiger charge is 2.14. The molecule has 0 spiro atoms. The maximum atomic E-state index is 12.2. The van der Waals surface area contributed by atoms with E-state index < -0.39 is 0 Å². The highest BCUT2D eigenvalue weighted by molar-refractivity contribution is 9.10. The van der Waals surface area contributed by atoms with E-state index in [0.29, 0.717) is 17.0 Å². The number of nitrogens with zero attached hydrogens (tertiary/aromatic N) is 3. The summed E-state index contributed by atoms with van der Waals surface area (Å²) in [4.78, 5) is 19.6. The zero-order valence-electron chi connectivity index (χ0n) is 12.1. The molecule has 0 unspecified atom stereocenters. The van der Waals surface area contributed by atoms with Gasteiger partial charge >= 0.3 is 5.69 Å². The number of ether oxygens (including phenoxy) is 1. The van der Waals surface area contributed by atoms with E-state index >= 15 is 0 Å². The molecular formula is C16H11BrN4O2. The molecule has 7 heteroatoms. The van der Waals surface area contributed by atoms with Crippen LogP contribution in [0.15, 0.2) is 51.7 Å². The average Bonchev–Trinajstić information content (AvgIpc) is 3.01. The first-order valence-corrected chi connectivity index (χ1v) is 7.68. The monoisotopic (exact) mass is 370 g/mol. The molecule has 23 heavy (non-hydrogen) atoms. The van der Waals surface area contributed by atoms with Crippen molar-refractivity contribution in [3.05, 3.63) is 57.4 Å². The Labute approximate surface area is 138 Å². The van der Waals surface area contributed by atoms with Gasteiger partial charge in [0.05, 0.1) is 18.0 Å². The molecule has 0 saturated heterocycles. The maximum Gasteiger partial charge on any atom is 0.348 e. The Morgan fingerprint density at radius 2 is 1.96 bits per heavy atom. The Morgan fingerprint density at radius 1 is 1.17 bits per heavy atom. The highest BCUT2D eigenvalue weighted by Crippen LogP contribution is 2.26. The molecular weight excluding hydrogens is 360 g/mol. The van der Waals surface area contributed by atoms with E-state index in [0.717, 1.165) is 21.2 Å². The maximum absolute atomic E-state index is 12.2. The molecule has 0 fully saturated rings. The van der Waals surface area contributed by atoms with Gasteiger partial charge in [-0.05, 0) is 52.3 Å². The molecule has 0 bridgehead atoms. The zero-order valence-corrected chi connectivity index (χ0v) is 13.7. The molecule has 2 aromatic carbocycles. The summed E-state index contributed by atoms with van der Waals surface area (Å²) in [5.41, 5.74) is 1.72. The number of hydrogen-bond acceptors (Lipinski definition) is 4. The lowest BCUT2D eigenvalue weighted by Gasteiger charge is -2.00. The van der Waals surface area contributed by atoms with Gasteiger partial charge in [0, 0.05) is 10.0 Å². The summed E-state index contributed by atoms with van der Waals surface area (Å²) in [6.07, 6.45) is 0. The van der Waals surface area contributed by atoms with Crippen LogP contribution in [0.5, 0.6) is 5.75 Å². The fraction of sp³-hybridized carbons (Fsp3) is 0.0625. The lowest BCUT2D eigenvalue weighted by Crippen LogP contribution is -2.17. The number of rotatable bonds is 2. The average molecular weight is 371 g/mol. The number of benzene rings is 2. The van der Waals surface area contributed by atoms with Gasteiger partial charge in [-0.3, -0.25) is 0 Å². The SMILES string of the molecule is COc1ccc(-c2nc3c4c(Br)cccc4[nH]c(=O)n3n2)cc1. The van der Waals surface area contributed by atoms with Crippen LogP contribution in [0.1, 0.15) is 0 Å². The van der Waals surface area contributed by atoms with Crippen LogP contribution in [-0.2, 0) is 0 Å². The van der Waals surface area contributed by atoms with Gasteiger partial charge in [0.15, 0.2) is 11.5 Å². The smallest absolute Gasteiger partial charge is 0.348 e. The van der Waals surface area contributed by atoms with Crippen molar-refractivity contribution < 1.29 is 4.74 Å². The Hall–Kier alpha value is -2.67. The second kappa shape index (κ2) is 5.20. The van der Waals surface area contributed by atoms with Crippen molar-refractivity contribution in [1.82, 2.24) is 19.6 Å². The number of aromatic amines is 1. The number of halogens is 1. The van der Waals surface area contributed by atoms with E-state index in [1.165, 1.54) is 4.52 Å². The molecule has 0 saturated carbocycles. The van der Waals surface area contributed by atoms with Crippen molar-refractivity contribution in [2.75, 3.05) is 7.11 Å². The number of H-pyrrole nitrogens is 1. The summed E-state index contributed by atoms with van der Waals surface area (Å²) in [5.74, 6) is 1.24. The molecule has 114 valence electrons. The van der Waals surface area contributed by atoms with E-state index in [4.69, 9.17) is 4.74 Å². The molecule has 6 nitrogen and oxygen atoms in total. The van der Waals surface area contributed by atoms with Gasteiger partial charge in [-0.15, -0.1) is 5.10 Å². The van der Waals surface area contributed by atoms with E-state index in [-0.39, 0.29) is 5.69 Å². The molecule has 4 rings (SSSR count). The quantitative estimate of drug-likeness (QED) is 0.588. The Morgan fingerprint density at radius 3 is 2.70 bits per heavy atom. The molecule has 1 N–H and O–H groups in total. The predicted molar refractivity (Wildman–Crippen MR) is 90.8 cm³/mol. The van der Waals surface area contributed by atoms with Crippen LogP contribution in [0.25, 0.3) is 27.9 Å². The molecule has 0 amide bonds.